The molecule has 1 N–H and O–H groups in total. The van der Waals surface area contributed by atoms with Gasteiger partial charge in [-0.1, -0.05) is 24.3 Å². The first-order valence-corrected chi connectivity index (χ1v) is 13.6. The molecule has 3 aliphatic rings. The fourth-order valence-electron chi connectivity index (χ4n) is 6.90. The maximum absolute atomic E-state index is 12.3. The number of anilines is 1. The molecular weight excluding hydrogens is 494 g/mol. The van der Waals surface area contributed by atoms with Crippen LogP contribution in [0, 0.1) is 17.8 Å². The summed E-state index contributed by atoms with van der Waals surface area (Å²) >= 11 is 0. The lowest BCUT2D eigenvalue weighted by atomic mass is 9.85. The van der Waals surface area contributed by atoms with Gasteiger partial charge in [-0.3, -0.25) is 4.79 Å². The summed E-state index contributed by atoms with van der Waals surface area (Å²) in [6, 6.07) is 12.2. The van der Waals surface area contributed by atoms with Crippen molar-refractivity contribution >= 4 is 17.6 Å². The lowest BCUT2D eigenvalue weighted by Crippen LogP contribution is -2.45. The highest BCUT2D eigenvalue weighted by molar-refractivity contribution is 5.74. The molecular formula is C30H31N5O4. The van der Waals surface area contributed by atoms with Crippen molar-refractivity contribution in [3.05, 3.63) is 77.5 Å². The molecule has 1 saturated heterocycles. The Morgan fingerprint density at radius 1 is 1.05 bits per heavy atom. The van der Waals surface area contributed by atoms with E-state index < -0.39 is 0 Å². The molecule has 5 heterocycles. The van der Waals surface area contributed by atoms with Gasteiger partial charge >= 0.3 is 5.97 Å². The largest absolute Gasteiger partial charge is 0.469 e. The summed E-state index contributed by atoms with van der Waals surface area (Å²) in [5.74, 6) is 1.17. The van der Waals surface area contributed by atoms with Crippen LogP contribution in [0.25, 0.3) is 16.8 Å². The SMILES string of the molecule is COC(=O)C1[C@@H]2CC[C@H]1CN(c1ncc(-c3ccc4nc(CO)c([C@H]5O[C@H](C)c6ccccc65)n4c3)cn1)C2. The minimum Gasteiger partial charge on any atom is -0.469 e. The number of ether oxygens (including phenoxy) is 2. The normalized spacial score (nSPS) is 25.7. The van der Waals surface area contributed by atoms with Crippen LogP contribution in [0.3, 0.4) is 0 Å². The van der Waals surface area contributed by atoms with E-state index in [0.29, 0.717) is 11.6 Å². The van der Waals surface area contributed by atoms with Crippen LogP contribution in [-0.4, -0.2) is 50.6 Å². The number of hydrogen-bond acceptors (Lipinski definition) is 8. The number of aliphatic hydroxyl groups is 1. The van der Waals surface area contributed by atoms with Crippen LogP contribution in [0.1, 0.15) is 54.5 Å². The van der Waals surface area contributed by atoms with Crippen LogP contribution in [0.2, 0.25) is 0 Å². The first kappa shape index (κ1) is 24.2. The van der Waals surface area contributed by atoms with E-state index in [1.54, 1.807) is 0 Å². The van der Waals surface area contributed by atoms with Crippen molar-refractivity contribution < 1.29 is 19.4 Å². The summed E-state index contributed by atoms with van der Waals surface area (Å²) in [4.78, 5) is 28.6. The average molecular weight is 526 g/mol. The molecule has 3 aromatic heterocycles. The van der Waals surface area contributed by atoms with Crippen molar-refractivity contribution in [2.75, 3.05) is 25.1 Å². The molecule has 39 heavy (non-hydrogen) atoms. The molecule has 0 spiro atoms. The van der Waals surface area contributed by atoms with E-state index in [4.69, 9.17) is 24.4 Å². The van der Waals surface area contributed by atoms with E-state index in [9.17, 15) is 9.90 Å². The number of rotatable bonds is 5. The molecule has 9 nitrogen and oxygen atoms in total. The molecule has 2 aliphatic heterocycles. The molecule has 4 aromatic rings. The number of carbonyl (C=O) groups excluding carboxylic acids is 1. The summed E-state index contributed by atoms with van der Waals surface area (Å²) in [5.41, 5.74) is 6.29. The second-order valence-electron chi connectivity index (χ2n) is 10.9. The Morgan fingerprint density at radius 2 is 1.77 bits per heavy atom. The van der Waals surface area contributed by atoms with Gasteiger partial charge in [0.25, 0.3) is 0 Å². The Labute approximate surface area is 226 Å². The van der Waals surface area contributed by atoms with Gasteiger partial charge in [-0.25, -0.2) is 15.0 Å². The van der Waals surface area contributed by atoms with Crippen molar-refractivity contribution in [1.29, 1.82) is 0 Å². The molecule has 0 radical (unpaired) electrons. The number of carbonyl (C=O) groups is 1. The molecule has 1 aromatic carbocycles. The Bertz CT molecular complexity index is 1540. The van der Waals surface area contributed by atoms with Crippen molar-refractivity contribution in [2.24, 2.45) is 17.8 Å². The van der Waals surface area contributed by atoms with Gasteiger partial charge in [0.1, 0.15) is 11.8 Å². The number of esters is 1. The summed E-state index contributed by atoms with van der Waals surface area (Å²) < 4.78 is 13.5. The number of aromatic nitrogens is 4. The van der Waals surface area contributed by atoms with Gasteiger partial charge in [-0.15, -0.1) is 0 Å². The lowest BCUT2D eigenvalue weighted by molar-refractivity contribution is -0.148. The highest BCUT2D eigenvalue weighted by atomic mass is 16.5. The molecule has 2 bridgehead atoms. The topological polar surface area (TPSA) is 102 Å². The zero-order valence-electron chi connectivity index (χ0n) is 22.0. The Balaban J connectivity index is 1.19. The smallest absolute Gasteiger partial charge is 0.309 e. The monoisotopic (exact) mass is 525 g/mol. The highest BCUT2D eigenvalue weighted by Gasteiger charge is 2.47. The molecule has 0 amide bonds. The Kier molecular flexibility index (Phi) is 5.86. The van der Waals surface area contributed by atoms with Crippen molar-refractivity contribution in [3.8, 4) is 11.1 Å². The predicted molar refractivity (Wildman–Crippen MR) is 144 cm³/mol. The van der Waals surface area contributed by atoms with Gasteiger partial charge in [0.05, 0.1) is 37.1 Å². The third-order valence-corrected chi connectivity index (χ3v) is 8.75. The van der Waals surface area contributed by atoms with E-state index >= 15 is 0 Å². The zero-order chi connectivity index (χ0) is 26.7. The molecule has 1 unspecified atom stereocenters. The van der Waals surface area contributed by atoms with Crippen LogP contribution < -0.4 is 4.90 Å². The summed E-state index contributed by atoms with van der Waals surface area (Å²) in [7, 11) is 1.48. The van der Waals surface area contributed by atoms with Gasteiger partial charge in [0, 0.05) is 42.8 Å². The fraction of sp³-hybridized carbons (Fsp3) is 0.400. The summed E-state index contributed by atoms with van der Waals surface area (Å²) in [5, 5.41) is 10.2. The van der Waals surface area contributed by atoms with Crippen molar-refractivity contribution in [3.63, 3.8) is 0 Å². The fourth-order valence-corrected chi connectivity index (χ4v) is 6.90. The lowest BCUT2D eigenvalue weighted by Gasteiger charge is -2.36. The predicted octanol–water partition coefficient (Wildman–Crippen LogP) is 4.10. The van der Waals surface area contributed by atoms with Gasteiger partial charge in [-0.2, -0.15) is 0 Å². The minimum absolute atomic E-state index is 0.00996. The molecule has 7 rings (SSSR count). The van der Waals surface area contributed by atoms with Crippen molar-refractivity contribution in [1.82, 2.24) is 19.4 Å². The third kappa shape index (κ3) is 3.91. The summed E-state index contributed by atoms with van der Waals surface area (Å²) in [6.07, 6.45) is 7.44. The van der Waals surface area contributed by atoms with E-state index in [-0.39, 0.29) is 42.5 Å². The Morgan fingerprint density at radius 3 is 2.46 bits per heavy atom. The standard InChI is InChI=1S/C30H31N5O4/c1-17-22-5-3-4-6-23(22)28(39-17)27-24(16-36)33-25-10-9-18(15-35(25)27)21-11-31-30(32-12-21)34-13-19-7-8-20(14-34)26(19)29(37)38-2/h3-6,9-12,15,17,19-20,26,28,36H,7-8,13-14,16H2,1-2H3/t17-,19-,20+,26?,28+/m1/s1. The van der Waals surface area contributed by atoms with Gasteiger partial charge in [0.2, 0.25) is 5.95 Å². The number of methoxy groups -OCH3 is 1. The number of hydrogen-bond donors (Lipinski definition) is 1. The maximum atomic E-state index is 12.3. The molecule has 2 fully saturated rings. The number of benzene rings is 1. The van der Waals surface area contributed by atoms with Crippen LogP contribution in [0.4, 0.5) is 5.95 Å². The molecule has 5 atom stereocenters. The number of pyridine rings is 1. The van der Waals surface area contributed by atoms with Crippen LogP contribution in [-0.2, 0) is 20.9 Å². The van der Waals surface area contributed by atoms with E-state index in [1.165, 1.54) is 7.11 Å². The third-order valence-electron chi connectivity index (χ3n) is 8.75. The number of piperidine rings is 1. The molecule has 9 heteroatoms. The van der Waals surface area contributed by atoms with Gasteiger partial charge in [0.15, 0.2) is 0 Å². The quantitative estimate of drug-likeness (QED) is 0.389. The van der Waals surface area contributed by atoms with Gasteiger partial charge in [-0.05, 0) is 54.9 Å². The number of nitrogens with zero attached hydrogens (tertiary/aromatic N) is 5. The number of fused-ring (bicyclic) bond motifs is 4. The van der Waals surface area contributed by atoms with Crippen LogP contribution in [0.15, 0.2) is 55.0 Å². The first-order chi connectivity index (χ1) is 19.1. The van der Waals surface area contributed by atoms with E-state index in [0.717, 1.165) is 59.5 Å². The van der Waals surface area contributed by atoms with Crippen molar-refractivity contribution in [2.45, 2.75) is 38.6 Å². The zero-order valence-corrected chi connectivity index (χ0v) is 22.0. The average Bonchev–Trinajstić information content (AvgIpc) is 3.60. The maximum Gasteiger partial charge on any atom is 0.309 e. The molecule has 1 aliphatic carbocycles. The second-order valence-corrected chi connectivity index (χ2v) is 10.9. The minimum atomic E-state index is -0.314. The van der Waals surface area contributed by atoms with Crippen LogP contribution in [0.5, 0.6) is 0 Å². The Hall–Kier alpha value is -3.82. The number of aliphatic hydroxyl groups excluding tert-OH is 1. The summed E-state index contributed by atoms with van der Waals surface area (Å²) in [6.45, 7) is 3.42. The van der Waals surface area contributed by atoms with Crippen LogP contribution >= 0.6 is 0 Å². The van der Waals surface area contributed by atoms with E-state index in [2.05, 4.69) is 17.0 Å². The second kappa shape index (κ2) is 9.43. The first-order valence-electron chi connectivity index (χ1n) is 13.6. The highest BCUT2D eigenvalue weighted by Crippen LogP contribution is 2.44. The molecule has 1 saturated carbocycles. The number of imidazole rings is 1. The van der Waals surface area contributed by atoms with Gasteiger partial charge < -0.3 is 23.9 Å². The van der Waals surface area contributed by atoms with E-state index in [1.807, 2.05) is 54.2 Å². The molecule has 200 valence electrons.